The molecule has 0 bridgehead atoms. The van der Waals surface area contributed by atoms with E-state index in [1.165, 1.54) is 29.2 Å². The molecule has 0 spiro atoms. The molecule has 0 radical (unpaired) electrons. The summed E-state index contributed by atoms with van der Waals surface area (Å²) in [5, 5.41) is 7.55. The number of nitrogens with zero attached hydrogens (tertiary/aromatic N) is 2. The van der Waals surface area contributed by atoms with Crippen LogP contribution in [0.5, 0.6) is 0 Å². The van der Waals surface area contributed by atoms with E-state index in [2.05, 4.69) is 22.4 Å². The number of ketones is 1. The number of fused-ring (bicyclic) bond motifs is 2. The van der Waals surface area contributed by atoms with E-state index in [0.29, 0.717) is 27.9 Å². The van der Waals surface area contributed by atoms with Gasteiger partial charge in [-0.05, 0) is 60.0 Å². The van der Waals surface area contributed by atoms with Gasteiger partial charge in [-0.3, -0.25) is 19.0 Å². The zero-order chi connectivity index (χ0) is 24.5. The Labute approximate surface area is 205 Å². The maximum atomic E-state index is 13.6. The smallest absolute Gasteiger partial charge is 0.263 e. The van der Waals surface area contributed by atoms with Crippen molar-refractivity contribution in [3.05, 3.63) is 94.4 Å². The molecule has 1 N–H and O–H groups in total. The van der Waals surface area contributed by atoms with E-state index in [4.69, 9.17) is 0 Å². The second-order valence-corrected chi connectivity index (χ2v) is 9.25. The van der Waals surface area contributed by atoms with E-state index in [1.807, 2.05) is 42.6 Å². The van der Waals surface area contributed by atoms with E-state index in [-0.39, 0.29) is 17.2 Å². The van der Waals surface area contributed by atoms with Gasteiger partial charge in [-0.15, -0.1) is 11.3 Å². The second kappa shape index (κ2) is 9.27. The number of benzene rings is 3. The van der Waals surface area contributed by atoms with Crippen LogP contribution in [0.25, 0.3) is 32.1 Å². The summed E-state index contributed by atoms with van der Waals surface area (Å²) in [7, 11) is 0. The number of nitrogens with one attached hydrogen (secondary N) is 1. The summed E-state index contributed by atoms with van der Waals surface area (Å²) in [6.45, 7) is 3.35. The number of amides is 1. The van der Waals surface area contributed by atoms with Gasteiger partial charge in [0.1, 0.15) is 10.9 Å². The largest absolute Gasteiger partial charge is 0.324 e. The molecule has 174 valence electrons. The maximum absolute atomic E-state index is 13.6. The molecule has 5 rings (SSSR count). The van der Waals surface area contributed by atoms with Crippen LogP contribution in [0.3, 0.4) is 0 Å². The van der Waals surface area contributed by atoms with Crippen LogP contribution >= 0.6 is 11.3 Å². The molecule has 3 aromatic carbocycles. The van der Waals surface area contributed by atoms with Gasteiger partial charge in [0.05, 0.1) is 11.7 Å². The van der Waals surface area contributed by atoms with Crippen molar-refractivity contribution in [2.75, 3.05) is 5.32 Å². The number of anilines is 1. The lowest BCUT2D eigenvalue weighted by Gasteiger charge is -2.18. The summed E-state index contributed by atoms with van der Waals surface area (Å²) < 4.78 is 1.42. The number of hydrogen-bond donors (Lipinski definition) is 1. The first-order valence-corrected chi connectivity index (χ1v) is 12.2. The first-order chi connectivity index (χ1) is 17.0. The van der Waals surface area contributed by atoms with Crippen molar-refractivity contribution >= 4 is 49.7 Å². The molecule has 35 heavy (non-hydrogen) atoms. The fourth-order valence-electron chi connectivity index (χ4n) is 4.26. The van der Waals surface area contributed by atoms with Crippen LogP contribution in [-0.2, 0) is 4.79 Å². The van der Waals surface area contributed by atoms with E-state index in [9.17, 15) is 14.4 Å². The van der Waals surface area contributed by atoms with E-state index in [1.54, 1.807) is 24.3 Å². The molecule has 0 saturated heterocycles. The average Bonchev–Trinajstić information content (AvgIpc) is 3.31. The Kier molecular flexibility index (Phi) is 6.01. The zero-order valence-electron chi connectivity index (χ0n) is 19.3. The molecular weight excluding hydrogens is 458 g/mol. The van der Waals surface area contributed by atoms with Gasteiger partial charge in [-0.25, -0.2) is 4.98 Å². The minimum absolute atomic E-state index is 0.0433. The molecule has 0 aliphatic heterocycles. The summed E-state index contributed by atoms with van der Waals surface area (Å²) in [4.78, 5) is 43.4. The van der Waals surface area contributed by atoms with Crippen LogP contribution in [-0.4, -0.2) is 21.2 Å². The van der Waals surface area contributed by atoms with Crippen molar-refractivity contribution in [3.8, 4) is 11.1 Å². The molecule has 7 heteroatoms. The molecule has 1 unspecified atom stereocenters. The fraction of sp³-hybridized carbons (Fsp3) is 0.143. The Morgan fingerprint density at radius 2 is 1.77 bits per heavy atom. The summed E-state index contributed by atoms with van der Waals surface area (Å²) in [5.41, 5.74) is 2.65. The predicted molar refractivity (Wildman–Crippen MR) is 141 cm³/mol. The number of hydrogen-bond acceptors (Lipinski definition) is 5. The van der Waals surface area contributed by atoms with E-state index < -0.39 is 6.04 Å². The lowest BCUT2D eigenvalue weighted by molar-refractivity contribution is -0.119. The van der Waals surface area contributed by atoms with Gasteiger partial charge >= 0.3 is 0 Å². The Balaban J connectivity index is 1.51. The van der Waals surface area contributed by atoms with Crippen molar-refractivity contribution in [1.29, 1.82) is 0 Å². The minimum Gasteiger partial charge on any atom is -0.324 e. The molecule has 2 aromatic heterocycles. The first-order valence-electron chi connectivity index (χ1n) is 11.4. The first kappa shape index (κ1) is 22.7. The highest BCUT2D eigenvalue weighted by molar-refractivity contribution is 7.17. The molecule has 0 saturated carbocycles. The number of carbonyl (C=O) groups excluding carboxylic acids is 2. The molecule has 0 fully saturated rings. The fourth-order valence-corrected chi connectivity index (χ4v) is 5.17. The molecule has 1 atom stereocenters. The highest BCUT2D eigenvalue weighted by Gasteiger charge is 2.23. The van der Waals surface area contributed by atoms with Crippen molar-refractivity contribution in [3.63, 3.8) is 0 Å². The molecule has 5 aromatic rings. The number of Topliss-reactive ketones (excluding diaryl/α,β-unsaturated/α-hetero) is 1. The Bertz CT molecular complexity index is 1630. The van der Waals surface area contributed by atoms with Crippen LogP contribution in [0.15, 0.2) is 83.2 Å². The Morgan fingerprint density at radius 1 is 1.03 bits per heavy atom. The van der Waals surface area contributed by atoms with Crippen LogP contribution in [0.1, 0.15) is 36.7 Å². The number of aromatic nitrogens is 2. The third-order valence-corrected chi connectivity index (χ3v) is 7.05. The predicted octanol–water partition coefficient (Wildman–Crippen LogP) is 6.07. The summed E-state index contributed by atoms with van der Waals surface area (Å²) in [5.74, 6) is -0.355. The molecule has 2 heterocycles. The van der Waals surface area contributed by atoms with Crippen LogP contribution < -0.4 is 10.9 Å². The van der Waals surface area contributed by atoms with Crippen molar-refractivity contribution in [2.24, 2.45) is 0 Å². The highest BCUT2D eigenvalue weighted by Crippen LogP contribution is 2.33. The molecular formula is C28H23N3O3S. The molecule has 1 amide bonds. The van der Waals surface area contributed by atoms with Gasteiger partial charge in [0.25, 0.3) is 5.56 Å². The van der Waals surface area contributed by atoms with Gasteiger partial charge in [0.2, 0.25) is 5.91 Å². The van der Waals surface area contributed by atoms with Gasteiger partial charge in [0.15, 0.2) is 5.78 Å². The van der Waals surface area contributed by atoms with Crippen molar-refractivity contribution in [2.45, 2.75) is 26.3 Å². The van der Waals surface area contributed by atoms with E-state index in [0.717, 1.165) is 21.9 Å². The SMILES string of the molecule is CCC(C(=O)Nc1ccc(C(C)=O)cc1)n1cnc2scc(-c3ccc4ccccc4c3)c2c1=O. The number of rotatable bonds is 6. The Hall–Kier alpha value is -4.10. The van der Waals surface area contributed by atoms with E-state index >= 15 is 0 Å². The second-order valence-electron chi connectivity index (χ2n) is 8.40. The highest BCUT2D eigenvalue weighted by atomic mass is 32.1. The topological polar surface area (TPSA) is 81.1 Å². The molecule has 0 aliphatic rings. The van der Waals surface area contributed by atoms with Crippen LogP contribution in [0.4, 0.5) is 5.69 Å². The third kappa shape index (κ3) is 4.26. The zero-order valence-corrected chi connectivity index (χ0v) is 20.1. The summed E-state index contributed by atoms with van der Waals surface area (Å²) >= 11 is 1.42. The number of carbonyl (C=O) groups is 2. The van der Waals surface area contributed by atoms with Gasteiger partial charge < -0.3 is 5.32 Å². The molecule has 6 nitrogen and oxygen atoms in total. The Morgan fingerprint density at radius 3 is 2.49 bits per heavy atom. The quantitative estimate of drug-likeness (QED) is 0.299. The number of thiophene rings is 1. The van der Waals surface area contributed by atoms with Crippen molar-refractivity contribution < 1.29 is 9.59 Å². The maximum Gasteiger partial charge on any atom is 0.263 e. The average molecular weight is 482 g/mol. The molecule has 0 aliphatic carbocycles. The third-order valence-electron chi connectivity index (χ3n) is 6.16. The monoisotopic (exact) mass is 481 g/mol. The van der Waals surface area contributed by atoms with Crippen LogP contribution in [0, 0.1) is 0 Å². The standard InChI is InChI=1S/C28H23N3O3S/c1-3-24(26(33)30-22-12-10-18(11-13-22)17(2)32)31-16-29-27-25(28(31)34)23(15-35-27)21-9-8-19-6-4-5-7-20(19)14-21/h4-16,24H,3H2,1-2H3,(H,30,33). The lowest BCUT2D eigenvalue weighted by Crippen LogP contribution is -2.33. The minimum atomic E-state index is -0.726. The van der Waals surface area contributed by atoms with Crippen LogP contribution in [0.2, 0.25) is 0 Å². The van der Waals surface area contributed by atoms with Crippen molar-refractivity contribution in [1.82, 2.24) is 9.55 Å². The van der Waals surface area contributed by atoms with Gasteiger partial charge in [0, 0.05) is 22.2 Å². The summed E-state index contributed by atoms with van der Waals surface area (Å²) in [6.07, 6.45) is 1.87. The summed E-state index contributed by atoms with van der Waals surface area (Å²) in [6, 6.07) is 20.2. The normalized spacial score (nSPS) is 12.1. The lowest BCUT2D eigenvalue weighted by atomic mass is 10.0. The van der Waals surface area contributed by atoms with Gasteiger partial charge in [-0.1, -0.05) is 43.3 Å². The van der Waals surface area contributed by atoms with Gasteiger partial charge in [-0.2, -0.15) is 0 Å².